The van der Waals surface area contributed by atoms with Crippen molar-refractivity contribution in [2.75, 3.05) is 35.2 Å². The van der Waals surface area contributed by atoms with Gasteiger partial charge in [0.15, 0.2) is 4.90 Å². The van der Waals surface area contributed by atoms with E-state index in [1.807, 2.05) is 51.1 Å². The van der Waals surface area contributed by atoms with Crippen molar-refractivity contribution in [2.24, 2.45) is 0 Å². The highest BCUT2D eigenvalue weighted by molar-refractivity contribution is 7.91. The van der Waals surface area contributed by atoms with Gasteiger partial charge < -0.3 is 24.4 Å². The number of ether oxygens (including phenoxy) is 1. The molecule has 1 saturated heterocycles. The molecule has 184 valence electrons. The van der Waals surface area contributed by atoms with Crippen molar-refractivity contribution >= 4 is 39.9 Å². The Bertz CT molecular complexity index is 1260. The Morgan fingerprint density at radius 1 is 1.14 bits per heavy atom. The first-order valence-corrected chi connectivity index (χ1v) is 13.2. The normalized spacial score (nSPS) is 18.6. The molecule has 0 bridgehead atoms. The van der Waals surface area contributed by atoms with Crippen LogP contribution in [0.4, 0.5) is 16.6 Å². The highest BCUT2D eigenvalue weighted by Gasteiger charge is 2.33. The molecule has 35 heavy (non-hydrogen) atoms. The molecule has 2 aliphatic rings. The third-order valence-electron chi connectivity index (χ3n) is 6.13. The van der Waals surface area contributed by atoms with Gasteiger partial charge in [-0.15, -0.1) is 0 Å². The van der Waals surface area contributed by atoms with Crippen molar-refractivity contribution in [1.82, 2.24) is 15.3 Å². The van der Waals surface area contributed by atoms with Gasteiger partial charge in [0.2, 0.25) is 5.95 Å². The summed E-state index contributed by atoms with van der Waals surface area (Å²) in [5, 5.41) is 3.93. The largest absolute Gasteiger partial charge is 0.611 e. The van der Waals surface area contributed by atoms with Gasteiger partial charge in [-0.05, 0) is 57.1 Å². The Balaban J connectivity index is 1.41. The van der Waals surface area contributed by atoms with Crippen LogP contribution in [0.25, 0.3) is 10.9 Å². The molecule has 1 amide bonds. The maximum absolute atomic E-state index is 12.8. The molecular weight excluding hydrogens is 462 g/mol. The second-order valence-electron chi connectivity index (χ2n) is 10.2. The average molecular weight is 494 g/mol. The lowest BCUT2D eigenvalue weighted by atomic mass is 10.1. The molecule has 1 N–H and O–H groups in total. The SMILES string of the molecule is Cc1ccc2nc(N3CC[S+]([O-])c4ccccc4C3)nc(N3CC(NC(=O)OC(C)(C)C)C3)c2c1. The van der Waals surface area contributed by atoms with E-state index < -0.39 is 22.9 Å². The molecule has 1 aromatic heterocycles. The molecule has 9 heteroatoms. The summed E-state index contributed by atoms with van der Waals surface area (Å²) in [6.45, 7) is 10.1. The predicted octanol–water partition coefficient (Wildman–Crippen LogP) is 3.78. The minimum Gasteiger partial charge on any atom is -0.611 e. The Morgan fingerprint density at radius 2 is 1.91 bits per heavy atom. The molecule has 0 radical (unpaired) electrons. The minimum absolute atomic E-state index is 0.00407. The number of hydrogen-bond donors (Lipinski definition) is 1. The zero-order valence-electron chi connectivity index (χ0n) is 20.6. The van der Waals surface area contributed by atoms with Crippen molar-refractivity contribution < 1.29 is 14.1 Å². The topological polar surface area (TPSA) is 93.6 Å². The fraction of sp³-hybridized carbons (Fsp3) is 0.423. The van der Waals surface area contributed by atoms with Crippen LogP contribution in [-0.4, -0.2) is 57.6 Å². The van der Waals surface area contributed by atoms with Gasteiger partial charge in [0, 0.05) is 24.0 Å². The molecule has 2 aliphatic heterocycles. The van der Waals surface area contributed by atoms with Gasteiger partial charge in [0.25, 0.3) is 0 Å². The second-order valence-corrected chi connectivity index (χ2v) is 11.7. The minimum atomic E-state index is -1.04. The van der Waals surface area contributed by atoms with Crippen LogP contribution < -0.4 is 15.1 Å². The summed E-state index contributed by atoms with van der Waals surface area (Å²) in [5.74, 6) is 2.02. The number of nitrogens with zero attached hydrogens (tertiary/aromatic N) is 4. The molecule has 0 aliphatic carbocycles. The number of aryl methyl sites for hydroxylation is 1. The molecule has 0 spiro atoms. The molecule has 0 saturated carbocycles. The molecule has 3 aromatic rings. The van der Waals surface area contributed by atoms with Crippen LogP contribution in [0.2, 0.25) is 0 Å². The van der Waals surface area contributed by atoms with Gasteiger partial charge in [-0.25, -0.2) is 9.78 Å². The number of fused-ring (bicyclic) bond motifs is 2. The van der Waals surface area contributed by atoms with Crippen LogP contribution in [0.1, 0.15) is 31.9 Å². The summed E-state index contributed by atoms with van der Waals surface area (Å²) in [6.07, 6.45) is -0.400. The molecule has 1 fully saturated rings. The lowest BCUT2D eigenvalue weighted by Crippen LogP contribution is -2.60. The average Bonchev–Trinajstić information content (AvgIpc) is 2.93. The van der Waals surface area contributed by atoms with Crippen LogP contribution in [0.3, 0.4) is 0 Å². The molecular formula is C26H31N5O3S. The van der Waals surface area contributed by atoms with E-state index in [1.54, 1.807) is 0 Å². The highest BCUT2D eigenvalue weighted by atomic mass is 32.2. The van der Waals surface area contributed by atoms with Gasteiger partial charge in [-0.3, -0.25) is 0 Å². The zero-order chi connectivity index (χ0) is 24.7. The molecule has 5 rings (SSSR count). The van der Waals surface area contributed by atoms with E-state index in [1.165, 1.54) is 0 Å². The fourth-order valence-electron chi connectivity index (χ4n) is 4.43. The van der Waals surface area contributed by atoms with Crippen LogP contribution in [0, 0.1) is 6.92 Å². The molecule has 1 unspecified atom stereocenters. The van der Waals surface area contributed by atoms with E-state index in [-0.39, 0.29) is 6.04 Å². The van der Waals surface area contributed by atoms with Crippen molar-refractivity contribution in [1.29, 1.82) is 0 Å². The van der Waals surface area contributed by atoms with Gasteiger partial charge >= 0.3 is 6.09 Å². The number of carbonyl (C=O) groups excluding carboxylic acids is 1. The number of carbonyl (C=O) groups is 1. The van der Waals surface area contributed by atoms with Gasteiger partial charge in [0.1, 0.15) is 17.2 Å². The first-order chi connectivity index (χ1) is 16.7. The van der Waals surface area contributed by atoms with E-state index in [9.17, 15) is 9.35 Å². The number of hydrogen-bond acceptors (Lipinski definition) is 7. The lowest BCUT2D eigenvalue weighted by molar-refractivity contribution is 0.0496. The number of amides is 1. The summed E-state index contributed by atoms with van der Waals surface area (Å²) in [6, 6.07) is 14.1. The van der Waals surface area contributed by atoms with Crippen molar-refractivity contribution in [3.63, 3.8) is 0 Å². The predicted molar refractivity (Wildman–Crippen MR) is 138 cm³/mol. The second kappa shape index (κ2) is 9.20. The summed E-state index contributed by atoms with van der Waals surface area (Å²) >= 11 is -1.04. The summed E-state index contributed by atoms with van der Waals surface area (Å²) < 4.78 is 18.2. The van der Waals surface area contributed by atoms with E-state index in [4.69, 9.17) is 14.7 Å². The van der Waals surface area contributed by atoms with Gasteiger partial charge in [-0.1, -0.05) is 29.8 Å². The third-order valence-corrected chi connectivity index (χ3v) is 7.57. The first kappa shape index (κ1) is 23.7. The summed E-state index contributed by atoms with van der Waals surface area (Å²) in [5.41, 5.74) is 2.53. The van der Waals surface area contributed by atoms with Crippen LogP contribution >= 0.6 is 0 Å². The monoisotopic (exact) mass is 493 g/mol. The Hall–Kier alpha value is -3.04. The van der Waals surface area contributed by atoms with Crippen molar-refractivity contribution in [3.8, 4) is 0 Å². The summed E-state index contributed by atoms with van der Waals surface area (Å²) in [4.78, 5) is 27.2. The Kier molecular flexibility index (Phi) is 6.23. The third kappa shape index (κ3) is 5.16. The quantitative estimate of drug-likeness (QED) is 0.555. The Morgan fingerprint density at radius 3 is 2.69 bits per heavy atom. The molecule has 1 atom stereocenters. The van der Waals surface area contributed by atoms with E-state index in [0.717, 1.165) is 32.7 Å². The van der Waals surface area contributed by atoms with Crippen molar-refractivity contribution in [2.45, 2.75) is 50.8 Å². The fourth-order valence-corrected chi connectivity index (χ4v) is 5.69. The van der Waals surface area contributed by atoms with E-state index in [2.05, 4.69) is 34.2 Å². The maximum Gasteiger partial charge on any atom is 0.407 e. The summed E-state index contributed by atoms with van der Waals surface area (Å²) in [7, 11) is 0. The molecule has 3 heterocycles. The standard InChI is InChI=1S/C26H31N5O3S/c1-17-9-10-21-20(13-17)23(31-15-19(16-31)27-25(32)34-26(2,3)4)29-24(28-21)30-11-12-35(33)22-8-6-5-7-18(22)14-30/h5-10,13,19H,11-12,14-16H2,1-4H3,(H,27,32). The van der Waals surface area contributed by atoms with E-state index >= 15 is 0 Å². The number of aromatic nitrogens is 2. The molecule has 2 aromatic carbocycles. The van der Waals surface area contributed by atoms with Gasteiger partial charge in [-0.2, -0.15) is 4.98 Å². The van der Waals surface area contributed by atoms with Crippen LogP contribution in [0.5, 0.6) is 0 Å². The number of alkyl carbamates (subject to hydrolysis) is 1. The van der Waals surface area contributed by atoms with Crippen LogP contribution in [0.15, 0.2) is 47.4 Å². The number of rotatable bonds is 3. The van der Waals surface area contributed by atoms with E-state index in [0.29, 0.717) is 37.9 Å². The van der Waals surface area contributed by atoms with Crippen molar-refractivity contribution in [3.05, 3.63) is 53.6 Å². The first-order valence-electron chi connectivity index (χ1n) is 11.9. The maximum atomic E-state index is 12.8. The molecule has 8 nitrogen and oxygen atoms in total. The number of anilines is 2. The zero-order valence-corrected chi connectivity index (χ0v) is 21.4. The lowest BCUT2D eigenvalue weighted by Gasteiger charge is -2.41. The smallest absolute Gasteiger partial charge is 0.407 e. The highest BCUT2D eigenvalue weighted by Crippen LogP contribution is 2.32. The number of nitrogens with one attached hydrogen (secondary N) is 1. The van der Waals surface area contributed by atoms with Gasteiger partial charge in [0.05, 0.1) is 24.6 Å². The Labute approximate surface area is 208 Å². The number of benzene rings is 2. The van der Waals surface area contributed by atoms with Crippen LogP contribution in [-0.2, 0) is 22.5 Å².